The van der Waals surface area contributed by atoms with Gasteiger partial charge in [0.1, 0.15) is 0 Å². The molecule has 0 saturated carbocycles. The van der Waals surface area contributed by atoms with Crippen LogP contribution in [0.4, 0.5) is 22.0 Å². The van der Waals surface area contributed by atoms with Crippen LogP contribution in [0.15, 0.2) is 28.7 Å². The topological polar surface area (TPSA) is 75.2 Å². The van der Waals surface area contributed by atoms with Crippen LogP contribution in [0.3, 0.4) is 0 Å². The molecule has 0 radical (unpaired) electrons. The van der Waals surface area contributed by atoms with E-state index in [-0.39, 0.29) is 36.2 Å². The van der Waals surface area contributed by atoms with Crippen molar-refractivity contribution < 1.29 is 35.8 Å². The minimum Gasteiger partial charge on any atom is -0.493 e. The zero-order valence-electron chi connectivity index (χ0n) is 15.2. The quantitative estimate of drug-likeness (QED) is 0.538. The molecule has 156 valence electrons. The minimum atomic E-state index is -4.52. The highest BCUT2D eigenvalue weighted by Crippen LogP contribution is 2.33. The Bertz CT molecular complexity index is 984. The second kappa shape index (κ2) is 8.05. The van der Waals surface area contributed by atoms with E-state index in [1.165, 1.54) is 36.9 Å². The summed E-state index contributed by atoms with van der Waals surface area (Å²) < 4.78 is 79.0. The molecule has 12 heteroatoms. The molecule has 7 nitrogen and oxygen atoms in total. The second-order valence-electron chi connectivity index (χ2n) is 5.89. The average molecular weight is 418 g/mol. The first-order chi connectivity index (χ1) is 13.7. The van der Waals surface area contributed by atoms with Crippen molar-refractivity contribution in [2.45, 2.75) is 32.7 Å². The maximum absolute atomic E-state index is 12.7. The Morgan fingerprint density at radius 3 is 2.52 bits per heavy atom. The maximum Gasteiger partial charge on any atom is 0.435 e. The molecule has 0 aliphatic rings. The third-order valence-corrected chi connectivity index (χ3v) is 3.90. The van der Waals surface area contributed by atoms with Crippen molar-refractivity contribution in [2.24, 2.45) is 0 Å². The van der Waals surface area contributed by atoms with Gasteiger partial charge < -0.3 is 13.9 Å². The molecule has 0 fully saturated rings. The van der Waals surface area contributed by atoms with Gasteiger partial charge in [0.25, 0.3) is 0 Å². The Morgan fingerprint density at radius 2 is 1.90 bits per heavy atom. The van der Waals surface area contributed by atoms with Gasteiger partial charge in [-0.2, -0.15) is 27.1 Å². The summed E-state index contributed by atoms with van der Waals surface area (Å²) in [6.45, 7) is -1.39. The highest BCUT2D eigenvalue weighted by atomic mass is 19.4. The monoisotopic (exact) mass is 418 g/mol. The molecule has 0 unspecified atom stereocenters. The summed E-state index contributed by atoms with van der Waals surface area (Å²) in [5.74, 6) is 0.167. The van der Waals surface area contributed by atoms with Crippen molar-refractivity contribution in [3.63, 3.8) is 0 Å². The molecule has 29 heavy (non-hydrogen) atoms. The molecule has 3 aromatic rings. The molecule has 2 heterocycles. The van der Waals surface area contributed by atoms with Crippen molar-refractivity contribution in [3.8, 4) is 23.0 Å². The first-order valence-corrected chi connectivity index (χ1v) is 8.24. The number of aryl methyl sites for hydroxylation is 3. The molecule has 0 aliphatic heterocycles. The standard InChI is InChI=1S/C17H15F5N4O3/c1-9-7-13(17(20,21)22)25-26(9)6-5-14-23-24-15(29-14)10-3-4-11(28-16(18)19)12(8-10)27-2/h3-4,7-8,16H,5-6H2,1-2H3. The molecule has 0 spiro atoms. The van der Waals surface area contributed by atoms with E-state index in [0.717, 1.165) is 6.07 Å². The lowest BCUT2D eigenvalue weighted by atomic mass is 10.2. The van der Waals surface area contributed by atoms with E-state index in [4.69, 9.17) is 9.15 Å². The van der Waals surface area contributed by atoms with Crippen molar-refractivity contribution in [2.75, 3.05) is 7.11 Å². The summed E-state index contributed by atoms with van der Waals surface area (Å²) in [6.07, 6.45) is -4.37. The number of rotatable bonds is 7. The van der Waals surface area contributed by atoms with Crippen LogP contribution in [-0.4, -0.2) is 33.7 Å². The van der Waals surface area contributed by atoms with Crippen molar-refractivity contribution in [3.05, 3.63) is 41.5 Å². The van der Waals surface area contributed by atoms with Crippen LogP contribution in [0.2, 0.25) is 0 Å². The Kier molecular flexibility index (Phi) is 5.71. The summed E-state index contributed by atoms with van der Waals surface area (Å²) in [5.41, 5.74) is -0.229. The van der Waals surface area contributed by atoms with Crippen LogP contribution in [0.1, 0.15) is 17.3 Å². The van der Waals surface area contributed by atoms with Gasteiger partial charge in [0, 0.05) is 24.2 Å². The Labute approximate surface area is 161 Å². The summed E-state index contributed by atoms with van der Waals surface area (Å²) in [6, 6.07) is 5.05. The lowest BCUT2D eigenvalue weighted by molar-refractivity contribution is -0.141. The van der Waals surface area contributed by atoms with E-state index >= 15 is 0 Å². The van der Waals surface area contributed by atoms with Gasteiger partial charge in [-0.1, -0.05) is 0 Å². The lowest BCUT2D eigenvalue weighted by Crippen LogP contribution is -2.09. The zero-order valence-corrected chi connectivity index (χ0v) is 15.2. The number of benzene rings is 1. The van der Waals surface area contributed by atoms with Gasteiger partial charge in [0.05, 0.1) is 7.11 Å². The number of halogens is 5. The Balaban J connectivity index is 1.72. The third kappa shape index (κ3) is 4.81. The number of ether oxygens (including phenoxy) is 2. The SMILES string of the molecule is COc1cc(-c2nnc(CCn3nc(C(F)(F)F)cc3C)o2)ccc1OC(F)F. The number of methoxy groups -OCH3 is 1. The van der Waals surface area contributed by atoms with Gasteiger partial charge in [-0.05, 0) is 31.2 Å². The van der Waals surface area contributed by atoms with E-state index in [2.05, 4.69) is 20.0 Å². The number of nitrogens with zero attached hydrogens (tertiary/aromatic N) is 4. The summed E-state index contributed by atoms with van der Waals surface area (Å²) in [4.78, 5) is 0. The molecule has 0 amide bonds. The summed E-state index contributed by atoms with van der Waals surface area (Å²) in [5, 5.41) is 11.2. The lowest BCUT2D eigenvalue weighted by Gasteiger charge is -2.10. The van der Waals surface area contributed by atoms with Crippen LogP contribution in [0.5, 0.6) is 11.5 Å². The maximum atomic E-state index is 12.7. The number of alkyl halides is 5. The normalized spacial score (nSPS) is 11.9. The van der Waals surface area contributed by atoms with Crippen LogP contribution in [-0.2, 0) is 19.1 Å². The van der Waals surface area contributed by atoms with Gasteiger partial charge in [0.15, 0.2) is 17.2 Å². The predicted molar refractivity (Wildman–Crippen MR) is 88.6 cm³/mol. The molecule has 0 bridgehead atoms. The first-order valence-electron chi connectivity index (χ1n) is 8.24. The number of hydrogen-bond donors (Lipinski definition) is 0. The molecule has 2 aromatic heterocycles. The predicted octanol–water partition coefficient (Wildman–Crippen LogP) is 4.11. The van der Waals surface area contributed by atoms with Gasteiger partial charge >= 0.3 is 12.8 Å². The fraction of sp³-hybridized carbons (Fsp3) is 0.353. The first kappa shape index (κ1) is 20.6. The fourth-order valence-electron chi connectivity index (χ4n) is 2.54. The van der Waals surface area contributed by atoms with Crippen LogP contribution in [0.25, 0.3) is 11.5 Å². The molecule has 3 rings (SSSR count). The van der Waals surface area contributed by atoms with Crippen molar-refractivity contribution in [1.29, 1.82) is 0 Å². The van der Waals surface area contributed by atoms with E-state index < -0.39 is 18.5 Å². The summed E-state index contributed by atoms with van der Waals surface area (Å²) >= 11 is 0. The zero-order chi connectivity index (χ0) is 21.2. The van der Waals surface area contributed by atoms with E-state index in [1.54, 1.807) is 0 Å². The van der Waals surface area contributed by atoms with Gasteiger partial charge in [-0.15, -0.1) is 10.2 Å². The van der Waals surface area contributed by atoms with E-state index in [1.807, 2.05) is 0 Å². The molecule has 0 N–H and O–H groups in total. The van der Waals surface area contributed by atoms with Crippen LogP contribution >= 0.6 is 0 Å². The van der Waals surface area contributed by atoms with Gasteiger partial charge in [-0.25, -0.2) is 0 Å². The smallest absolute Gasteiger partial charge is 0.435 e. The molecular weight excluding hydrogens is 403 g/mol. The largest absolute Gasteiger partial charge is 0.493 e. The third-order valence-electron chi connectivity index (χ3n) is 3.90. The molecule has 0 aliphatic carbocycles. The van der Waals surface area contributed by atoms with Crippen molar-refractivity contribution >= 4 is 0 Å². The molecular formula is C17H15F5N4O3. The van der Waals surface area contributed by atoms with Crippen LogP contribution < -0.4 is 9.47 Å². The Hall–Kier alpha value is -3.18. The highest BCUT2D eigenvalue weighted by Gasteiger charge is 2.34. The van der Waals surface area contributed by atoms with Gasteiger partial charge in [0.2, 0.25) is 11.8 Å². The second-order valence-corrected chi connectivity index (χ2v) is 5.89. The van der Waals surface area contributed by atoms with Crippen molar-refractivity contribution in [1.82, 2.24) is 20.0 Å². The van der Waals surface area contributed by atoms with Gasteiger partial charge in [-0.3, -0.25) is 4.68 Å². The number of aromatic nitrogens is 4. The van der Waals surface area contributed by atoms with Crippen LogP contribution in [0, 0.1) is 6.92 Å². The molecule has 1 aromatic carbocycles. The average Bonchev–Trinajstić information content (AvgIpc) is 3.26. The molecule has 0 saturated heterocycles. The molecule has 0 atom stereocenters. The van der Waals surface area contributed by atoms with E-state index in [0.29, 0.717) is 11.3 Å². The number of hydrogen-bond acceptors (Lipinski definition) is 6. The summed E-state index contributed by atoms with van der Waals surface area (Å²) in [7, 11) is 1.29. The fourth-order valence-corrected chi connectivity index (χ4v) is 2.54. The van der Waals surface area contributed by atoms with E-state index in [9.17, 15) is 22.0 Å². The minimum absolute atomic E-state index is 0.0504. The Morgan fingerprint density at radius 1 is 1.14 bits per heavy atom. The highest BCUT2D eigenvalue weighted by molar-refractivity contribution is 5.59.